The molecule has 2 atom stereocenters. The van der Waals surface area contributed by atoms with Crippen molar-refractivity contribution in [2.45, 2.75) is 52.3 Å². The summed E-state index contributed by atoms with van der Waals surface area (Å²) in [6.45, 7) is 11.2. The molecule has 1 aromatic rings. The number of hydrogen-bond acceptors (Lipinski definition) is 4. The first-order chi connectivity index (χ1) is 10.3. The Morgan fingerprint density at radius 3 is 2.86 bits per heavy atom. The van der Waals surface area contributed by atoms with Crippen LogP contribution in [-0.2, 0) is 11.3 Å². The van der Waals surface area contributed by atoms with E-state index in [0.717, 1.165) is 26.1 Å². The normalized spacial score (nSPS) is 22.6. The number of aromatic nitrogens is 2. The average molecular weight is 308 g/mol. The molecule has 0 saturated carbocycles. The maximum atomic E-state index is 12.2. The number of imidazole rings is 1. The first-order valence-electron chi connectivity index (χ1n) is 8.02. The summed E-state index contributed by atoms with van der Waals surface area (Å²) >= 11 is 0. The van der Waals surface area contributed by atoms with E-state index in [-0.39, 0.29) is 6.09 Å². The van der Waals surface area contributed by atoms with Crippen molar-refractivity contribution in [3.63, 3.8) is 0 Å². The molecule has 0 aromatic carbocycles. The van der Waals surface area contributed by atoms with Gasteiger partial charge in [0, 0.05) is 44.6 Å². The minimum Gasteiger partial charge on any atom is -0.444 e. The molecule has 0 radical (unpaired) electrons. The number of rotatable bonds is 4. The summed E-state index contributed by atoms with van der Waals surface area (Å²) in [5.41, 5.74) is -0.440. The van der Waals surface area contributed by atoms with Crippen LogP contribution in [0.3, 0.4) is 0 Å². The van der Waals surface area contributed by atoms with Gasteiger partial charge in [0.25, 0.3) is 0 Å². The van der Waals surface area contributed by atoms with Crippen molar-refractivity contribution in [1.29, 1.82) is 0 Å². The second-order valence-electron chi connectivity index (χ2n) is 7.05. The number of nitrogens with one attached hydrogen (secondary N) is 1. The van der Waals surface area contributed by atoms with E-state index >= 15 is 0 Å². The van der Waals surface area contributed by atoms with Crippen LogP contribution in [0.25, 0.3) is 0 Å². The van der Waals surface area contributed by atoms with Gasteiger partial charge in [0.2, 0.25) is 0 Å². The Morgan fingerprint density at radius 1 is 1.45 bits per heavy atom. The monoisotopic (exact) mass is 308 g/mol. The Balaban J connectivity index is 1.81. The fourth-order valence-corrected chi connectivity index (χ4v) is 2.63. The molecule has 1 amide bonds. The van der Waals surface area contributed by atoms with E-state index in [9.17, 15) is 4.79 Å². The molecule has 2 heterocycles. The third-order valence-corrected chi connectivity index (χ3v) is 3.95. The van der Waals surface area contributed by atoms with Crippen LogP contribution in [-0.4, -0.2) is 51.8 Å². The highest BCUT2D eigenvalue weighted by atomic mass is 16.6. The Kier molecular flexibility index (Phi) is 5.45. The maximum absolute atomic E-state index is 12.2. The lowest BCUT2D eigenvalue weighted by Gasteiger charge is -2.38. The third-order valence-electron chi connectivity index (χ3n) is 3.95. The maximum Gasteiger partial charge on any atom is 0.410 e. The molecule has 1 fully saturated rings. The number of carbonyl (C=O) groups excluding carboxylic acids is 1. The molecule has 6 nitrogen and oxygen atoms in total. The van der Waals surface area contributed by atoms with Crippen molar-refractivity contribution >= 4 is 6.09 Å². The molecule has 0 bridgehead atoms. The highest BCUT2D eigenvalue weighted by molar-refractivity contribution is 5.68. The molecule has 22 heavy (non-hydrogen) atoms. The molecule has 6 heteroatoms. The van der Waals surface area contributed by atoms with Crippen LogP contribution >= 0.6 is 0 Å². The summed E-state index contributed by atoms with van der Waals surface area (Å²) < 4.78 is 7.52. The van der Waals surface area contributed by atoms with E-state index in [1.54, 1.807) is 6.20 Å². The van der Waals surface area contributed by atoms with E-state index in [0.29, 0.717) is 18.5 Å². The van der Waals surface area contributed by atoms with E-state index in [4.69, 9.17) is 4.74 Å². The predicted molar refractivity (Wildman–Crippen MR) is 85.6 cm³/mol. The number of carbonyl (C=O) groups is 1. The standard InChI is InChI=1S/C16H28N4O2/c1-13-5-8-20(15(21)22-16(2,3)4)11-14(13)18-7-10-19-9-6-17-12-19/h6,9,12-14,18H,5,7-8,10-11H2,1-4H3. The van der Waals surface area contributed by atoms with Crippen LogP contribution in [0.2, 0.25) is 0 Å². The molecule has 2 unspecified atom stereocenters. The highest BCUT2D eigenvalue weighted by Crippen LogP contribution is 2.19. The van der Waals surface area contributed by atoms with E-state index in [1.807, 2.05) is 42.8 Å². The Labute approximate surface area is 132 Å². The number of ether oxygens (including phenoxy) is 1. The lowest BCUT2D eigenvalue weighted by atomic mass is 9.93. The molecular weight excluding hydrogens is 280 g/mol. The van der Waals surface area contributed by atoms with Crippen LogP contribution in [0.1, 0.15) is 34.1 Å². The van der Waals surface area contributed by atoms with Gasteiger partial charge in [-0.15, -0.1) is 0 Å². The van der Waals surface area contributed by atoms with Crippen LogP contribution in [0.15, 0.2) is 18.7 Å². The van der Waals surface area contributed by atoms with Crippen molar-refractivity contribution in [3.8, 4) is 0 Å². The van der Waals surface area contributed by atoms with Gasteiger partial charge < -0.3 is 19.5 Å². The van der Waals surface area contributed by atoms with Gasteiger partial charge in [-0.25, -0.2) is 9.78 Å². The first-order valence-corrected chi connectivity index (χ1v) is 8.02. The molecule has 1 aromatic heterocycles. The van der Waals surface area contributed by atoms with Gasteiger partial charge in [0.1, 0.15) is 5.60 Å². The average Bonchev–Trinajstić information content (AvgIpc) is 2.92. The summed E-state index contributed by atoms with van der Waals surface area (Å²) in [4.78, 5) is 18.0. The molecule has 0 aliphatic carbocycles. The van der Waals surface area contributed by atoms with Gasteiger partial charge in [-0.3, -0.25) is 0 Å². The summed E-state index contributed by atoms with van der Waals surface area (Å²) in [5, 5.41) is 3.56. The van der Waals surface area contributed by atoms with E-state index in [1.165, 1.54) is 0 Å². The van der Waals surface area contributed by atoms with E-state index < -0.39 is 5.60 Å². The zero-order valence-corrected chi connectivity index (χ0v) is 14.1. The summed E-state index contributed by atoms with van der Waals surface area (Å²) in [7, 11) is 0. The minimum atomic E-state index is -0.440. The number of likely N-dealkylation sites (tertiary alicyclic amines) is 1. The van der Waals surface area contributed by atoms with Gasteiger partial charge in [-0.2, -0.15) is 0 Å². The molecule has 124 valence electrons. The molecule has 1 aliphatic rings. The summed E-state index contributed by atoms with van der Waals surface area (Å²) in [6.07, 6.45) is 6.36. The molecule has 1 aliphatic heterocycles. The molecule has 1 saturated heterocycles. The van der Waals surface area contributed by atoms with Crippen molar-refractivity contribution in [2.24, 2.45) is 5.92 Å². The zero-order valence-electron chi connectivity index (χ0n) is 14.1. The lowest BCUT2D eigenvalue weighted by molar-refractivity contribution is 0.0148. The van der Waals surface area contributed by atoms with Crippen molar-refractivity contribution in [3.05, 3.63) is 18.7 Å². The van der Waals surface area contributed by atoms with Gasteiger partial charge in [-0.1, -0.05) is 6.92 Å². The SMILES string of the molecule is CC1CCN(C(=O)OC(C)(C)C)CC1NCCn1ccnc1. The number of nitrogens with zero attached hydrogens (tertiary/aromatic N) is 3. The number of piperidine rings is 1. The van der Waals surface area contributed by atoms with Crippen LogP contribution < -0.4 is 5.32 Å². The van der Waals surface area contributed by atoms with Gasteiger partial charge >= 0.3 is 6.09 Å². The van der Waals surface area contributed by atoms with E-state index in [2.05, 4.69) is 17.2 Å². The third kappa shape index (κ3) is 5.02. The Morgan fingerprint density at radius 2 is 2.23 bits per heavy atom. The first kappa shape index (κ1) is 16.8. The summed E-state index contributed by atoms with van der Waals surface area (Å²) in [6, 6.07) is 0.310. The van der Waals surface area contributed by atoms with Gasteiger partial charge in [-0.05, 0) is 33.1 Å². The Bertz CT molecular complexity index is 467. The molecular formula is C16H28N4O2. The van der Waals surface area contributed by atoms with Gasteiger partial charge in [0.05, 0.1) is 6.33 Å². The quantitative estimate of drug-likeness (QED) is 0.925. The minimum absolute atomic E-state index is 0.208. The fraction of sp³-hybridized carbons (Fsp3) is 0.750. The number of amides is 1. The van der Waals surface area contributed by atoms with Gasteiger partial charge in [0.15, 0.2) is 0 Å². The second kappa shape index (κ2) is 7.13. The van der Waals surface area contributed by atoms with Crippen LogP contribution in [0, 0.1) is 5.92 Å². The second-order valence-corrected chi connectivity index (χ2v) is 7.05. The van der Waals surface area contributed by atoms with Crippen LogP contribution in [0.5, 0.6) is 0 Å². The largest absolute Gasteiger partial charge is 0.444 e. The predicted octanol–water partition coefficient (Wildman–Crippen LogP) is 2.12. The zero-order chi connectivity index (χ0) is 16.2. The lowest BCUT2D eigenvalue weighted by Crippen LogP contribution is -2.53. The van der Waals surface area contributed by atoms with Crippen molar-refractivity contribution < 1.29 is 9.53 Å². The Hall–Kier alpha value is -1.56. The van der Waals surface area contributed by atoms with Crippen molar-refractivity contribution in [1.82, 2.24) is 19.8 Å². The van der Waals surface area contributed by atoms with Crippen molar-refractivity contribution in [2.75, 3.05) is 19.6 Å². The topological polar surface area (TPSA) is 59.4 Å². The highest BCUT2D eigenvalue weighted by Gasteiger charge is 2.30. The summed E-state index contributed by atoms with van der Waals surface area (Å²) in [5.74, 6) is 0.557. The number of hydrogen-bond donors (Lipinski definition) is 1. The molecule has 0 spiro atoms. The fourth-order valence-electron chi connectivity index (χ4n) is 2.63. The molecule has 2 rings (SSSR count). The smallest absolute Gasteiger partial charge is 0.410 e. The molecule has 1 N–H and O–H groups in total. The van der Waals surface area contributed by atoms with Crippen LogP contribution in [0.4, 0.5) is 4.79 Å².